The lowest BCUT2D eigenvalue weighted by atomic mass is 9.82. The van der Waals surface area contributed by atoms with Crippen molar-refractivity contribution in [1.82, 2.24) is 5.06 Å². The molecule has 0 radical (unpaired) electrons. The van der Waals surface area contributed by atoms with E-state index in [1.807, 2.05) is 0 Å². The predicted octanol–water partition coefficient (Wildman–Crippen LogP) is 3.33. The summed E-state index contributed by atoms with van der Waals surface area (Å²) in [5, 5.41) is 2.07. The number of hydrogen-bond acceptors (Lipinski definition) is 3. The van der Waals surface area contributed by atoms with E-state index in [9.17, 15) is 4.79 Å². The van der Waals surface area contributed by atoms with Crippen LogP contribution in [0, 0.1) is 0 Å². The molecule has 0 N–H and O–H groups in total. The number of rotatable bonds is 5. The minimum atomic E-state index is -0.295. The van der Waals surface area contributed by atoms with Crippen LogP contribution < -0.4 is 0 Å². The van der Waals surface area contributed by atoms with Crippen LogP contribution in [0.3, 0.4) is 0 Å². The molecule has 0 amide bonds. The predicted molar refractivity (Wildman–Crippen MR) is 69.7 cm³/mol. The second kappa shape index (κ2) is 5.49. The van der Waals surface area contributed by atoms with Crippen LogP contribution in [0.15, 0.2) is 0 Å². The Bertz CT molecular complexity index is 245. The Labute approximate surface area is 105 Å². The normalized spacial score (nSPS) is 25.5. The third-order valence-corrected chi connectivity index (χ3v) is 3.64. The van der Waals surface area contributed by atoms with Gasteiger partial charge in [-0.2, -0.15) is 5.06 Å². The number of carbonyl (C=O) groups excluding carboxylic acids is 1. The molecule has 0 aromatic heterocycles. The molecule has 0 bridgehead atoms. The molecule has 0 aromatic rings. The van der Waals surface area contributed by atoms with E-state index in [0.29, 0.717) is 0 Å². The Morgan fingerprint density at radius 2 is 1.76 bits per heavy atom. The van der Waals surface area contributed by atoms with Crippen LogP contribution in [0.25, 0.3) is 0 Å². The molecule has 1 rings (SSSR count). The maximum absolute atomic E-state index is 11.0. The van der Waals surface area contributed by atoms with Crippen molar-refractivity contribution in [2.75, 3.05) is 0 Å². The molecule has 100 valence electrons. The lowest BCUT2D eigenvalue weighted by Gasteiger charge is -2.52. The van der Waals surface area contributed by atoms with Gasteiger partial charge in [0.15, 0.2) is 6.29 Å². The summed E-state index contributed by atoms with van der Waals surface area (Å²) < 4.78 is 0. The third kappa shape index (κ3) is 3.52. The highest BCUT2D eigenvalue weighted by Gasteiger charge is 2.43. The maximum Gasteiger partial charge on any atom is 0.150 e. The van der Waals surface area contributed by atoms with Crippen LogP contribution in [0.5, 0.6) is 0 Å². The molecular formula is C14H27NO2. The number of nitrogens with zero attached hydrogens (tertiary/aromatic N) is 1. The summed E-state index contributed by atoms with van der Waals surface area (Å²) in [5.74, 6) is 0. The molecule has 3 nitrogen and oxygen atoms in total. The van der Waals surface area contributed by atoms with Crippen molar-refractivity contribution in [3.05, 3.63) is 0 Å². The zero-order valence-electron chi connectivity index (χ0n) is 12.0. The van der Waals surface area contributed by atoms with Gasteiger partial charge < -0.3 is 4.79 Å². The highest BCUT2D eigenvalue weighted by molar-refractivity contribution is 5.55. The fraction of sp³-hybridized carbons (Fsp3) is 0.929. The van der Waals surface area contributed by atoms with Gasteiger partial charge in [-0.15, -0.1) is 0 Å². The molecule has 0 aromatic carbocycles. The lowest BCUT2D eigenvalue weighted by Crippen LogP contribution is -2.59. The summed E-state index contributed by atoms with van der Waals surface area (Å²) >= 11 is 0. The van der Waals surface area contributed by atoms with Gasteiger partial charge in [-0.25, -0.2) is 0 Å². The average molecular weight is 241 g/mol. The van der Waals surface area contributed by atoms with E-state index in [1.165, 1.54) is 6.42 Å². The topological polar surface area (TPSA) is 29.5 Å². The quantitative estimate of drug-likeness (QED) is 0.691. The van der Waals surface area contributed by atoms with E-state index in [0.717, 1.165) is 32.0 Å². The Kier molecular flexibility index (Phi) is 4.73. The van der Waals surface area contributed by atoms with Crippen LogP contribution in [0.2, 0.25) is 0 Å². The summed E-state index contributed by atoms with van der Waals surface area (Å²) in [5.41, 5.74) is 0.0213. The molecule has 0 aliphatic carbocycles. The second-order valence-electron chi connectivity index (χ2n) is 6.34. The first-order chi connectivity index (χ1) is 7.83. The third-order valence-electron chi connectivity index (χ3n) is 3.64. The number of aldehydes is 1. The zero-order valence-corrected chi connectivity index (χ0v) is 12.0. The Hall–Kier alpha value is -0.410. The van der Waals surface area contributed by atoms with E-state index >= 15 is 0 Å². The smallest absolute Gasteiger partial charge is 0.150 e. The largest absolute Gasteiger partial charge is 0.300 e. The molecule has 1 saturated heterocycles. The molecule has 0 saturated carbocycles. The maximum atomic E-state index is 11.0. The van der Waals surface area contributed by atoms with Gasteiger partial charge in [0.05, 0.1) is 0 Å². The Balaban J connectivity index is 2.78. The van der Waals surface area contributed by atoms with E-state index < -0.39 is 0 Å². The summed E-state index contributed by atoms with van der Waals surface area (Å²) in [7, 11) is 0. The first-order valence-electron chi connectivity index (χ1n) is 6.76. The molecule has 0 spiro atoms. The molecular weight excluding hydrogens is 214 g/mol. The summed E-state index contributed by atoms with van der Waals surface area (Å²) in [4.78, 5) is 17.0. The second-order valence-corrected chi connectivity index (χ2v) is 6.34. The van der Waals surface area contributed by atoms with Gasteiger partial charge in [-0.05, 0) is 53.4 Å². The van der Waals surface area contributed by atoms with Crippen LogP contribution >= 0.6 is 0 Å². The first kappa shape index (κ1) is 14.7. The number of carbonyl (C=O) groups is 1. The Morgan fingerprint density at radius 1 is 1.24 bits per heavy atom. The van der Waals surface area contributed by atoms with E-state index in [2.05, 4.69) is 39.7 Å². The molecule has 1 fully saturated rings. The lowest BCUT2D eigenvalue weighted by molar-refractivity contribution is -0.297. The van der Waals surface area contributed by atoms with Crippen LogP contribution in [-0.4, -0.2) is 28.5 Å². The Morgan fingerprint density at radius 3 is 2.18 bits per heavy atom. The number of hydroxylamine groups is 2. The van der Waals surface area contributed by atoms with Crippen molar-refractivity contribution in [2.24, 2.45) is 0 Å². The van der Waals surface area contributed by atoms with E-state index in [1.54, 1.807) is 0 Å². The van der Waals surface area contributed by atoms with Crippen molar-refractivity contribution in [3.63, 3.8) is 0 Å². The first-order valence-corrected chi connectivity index (χ1v) is 6.76. The van der Waals surface area contributed by atoms with Crippen molar-refractivity contribution in [1.29, 1.82) is 0 Å². The zero-order chi connectivity index (χ0) is 13.1. The van der Waals surface area contributed by atoms with Gasteiger partial charge in [0.1, 0.15) is 6.10 Å². The molecule has 17 heavy (non-hydrogen) atoms. The van der Waals surface area contributed by atoms with Gasteiger partial charge in [0.2, 0.25) is 0 Å². The summed E-state index contributed by atoms with van der Waals surface area (Å²) in [6, 6.07) is 0. The number of hydrogen-bond donors (Lipinski definition) is 0. The van der Waals surface area contributed by atoms with Crippen LogP contribution in [-0.2, 0) is 9.63 Å². The average Bonchev–Trinajstić information content (AvgIpc) is 2.21. The molecule has 1 atom stereocenters. The minimum absolute atomic E-state index is 0.0107. The summed E-state index contributed by atoms with van der Waals surface area (Å²) in [6.07, 6.45) is 5.87. The van der Waals surface area contributed by atoms with Gasteiger partial charge in [0.25, 0.3) is 0 Å². The van der Waals surface area contributed by atoms with Crippen LogP contribution in [0.4, 0.5) is 0 Å². The van der Waals surface area contributed by atoms with Gasteiger partial charge in [-0.3, -0.25) is 4.84 Å². The van der Waals surface area contributed by atoms with Crippen LogP contribution in [0.1, 0.15) is 66.7 Å². The molecule has 3 heteroatoms. The number of piperidine rings is 1. The van der Waals surface area contributed by atoms with Gasteiger partial charge in [-0.1, -0.05) is 13.3 Å². The monoisotopic (exact) mass is 241 g/mol. The van der Waals surface area contributed by atoms with Crippen molar-refractivity contribution < 1.29 is 9.63 Å². The van der Waals surface area contributed by atoms with E-state index in [-0.39, 0.29) is 17.2 Å². The fourth-order valence-corrected chi connectivity index (χ4v) is 2.83. The van der Waals surface area contributed by atoms with Gasteiger partial charge >= 0.3 is 0 Å². The molecule has 1 aliphatic heterocycles. The molecule has 1 aliphatic rings. The van der Waals surface area contributed by atoms with Crippen molar-refractivity contribution >= 4 is 6.29 Å². The van der Waals surface area contributed by atoms with Crippen molar-refractivity contribution in [3.8, 4) is 0 Å². The van der Waals surface area contributed by atoms with E-state index in [4.69, 9.17) is 4.84 Å². The molecule has 1 heterocycles. The fourth-order valence-electron chi connectivity index (χ4n) is 2.83. The standard InChI is InChI=1S/C14H27NO2/c1-6-8-12(11-16)17-15-13(2,3)9-7-10-14(15,4)5/h11-12H,6-10H2,1-5H3/t12-/m0/s1. The summed E-state index contributed by atoms with van der Waals surface area (Å²) in [6.45, 7) is 10.9. The van der Waals surface area contributed by atoms with Crippen molar-refractivity contribution in [2.45, 2.75) is 83.9 Å². The SMILES string of the molecule is CCC[C@@H](C=O)ON1C(C)(C)CCCC1(C)C. The highest BCUT2D eigenvalue weighted by atomic mass is 16.7. The van der Waals surface area contributed by atoms with Gasteiger partial charge in [0, 0.05) is 11.1 Å². The minimum Gasteiger partial charge on any atom is -0.300 e. The molecule has 0 unspecified atom stereocenters. The highest BCUT2D eigenvalue weighted by Crippen LogP contribution is 2.38.